The minimum absolute atomic E-state index is 0.235. The lowest BCUT2D eigenvalue weighted by molar-refractivity contribution is 0.154. The molecule has 88 valence electrons. The lowest BCUT2D eigenvalue weighted by Gasteiger charge is -2.32. The molecule has 1 aromatic carbocycles. The lowest BCUT2D eigenvalue weighted by atomic mass is 10.1. The van der Waals surface area contributed by atoms with Crippen molar-refractivity contribution in [2.75, 3.05) is 30.8 Å². The third-order valence-corrected chi connectivity index (χ3v) is 2.91. The molecule has 1 heterocycles. The molecule has 1 aromatic rings. The fourth-order valence-corrected chi connectivity index (χ4v) is 2.10. The van der Waals surface area contributed by atoms with Crippen molar-refractivity contribution in [3.63, 3.8) is 0 Å². The normalized spacial score (nSPS) is 20.9. The number of hydrogen-bond acceptors (Lipinski definition) is 4. The Bertz CT molecular complexity index is 368. The molecule has 2 rings (SSSR count). The smallest absolute Gasteiger partial charge is 0.122 e. The molecule has 3 N–H and O–H groups in total. The Morgan fingerprint density at radius 2 is 2.25 bits per heavy atom. The van der Waals surface area contributed by atoms with Gasteiger partial charge in [0.1, 0.15) is 5.75 Å². The standard InChI is InChI=1S/C12H18N2O2/c1-16-12-6-9(13)5-10(7-12)14-4-2-3-11(15)8-14/h5-7,11,15H,2-4,8,13H2,1H3. The predicted molar refractivity (Wildman–Crippen MR) is 64.9 cm³/mol. The Labute approximate surface area is 95.6 Å². The van der Waals surface area contributed by atoms with Crippen molar-refractivity contribution in [1.82, 2.24) is 0 Å². The van der Waals surface area contributed by atoms with Crippen molar-refractivity contribution in [2.45, 2.75) is 18.9 Å². The number of nitrogens with zero attached hydrogens (tertiary/aromatic N) is 1. The second-order valence-corrected chi connectivity index (χ2v) is 4.21. The molecule has 0 saturated carbocycles. The van der Waals surface area contributed by atoms with Crippen LogP contribution in [-0.2, 0) is 0 Å². The number of ether oxygens (including phenoxy) is 1. The summed E-state index contributed by atoms with van der Waals surface area (Å²) in [5, 5.41) is 9.63. The third kappa shape index (κ3) is 2.39. The molecule has 0 amide bonds. The van der Waals surface area contributed by atoms with Crippen LogP contribution < -0.4 is 15.4 Å². The molecule has 1 atom stereocenters. The Hall–Kier alpha value is -1.42. The van der Waals surface area contributed by atoms with E-state index < -0.39 is 0 Å². The minimum Gasteiger partial charge on any atom is -0.497 e. The summed E-state index contributed by atoms with van der Waals surface area (Å²) in [6.45, 7) is 1.64. The molecule has 4 nitrogen and oxygen atoms in total. The van der Waals surface area contributed by atoms with Crippen LogP contribution >= 0.6 is 0 Å². The number of methoxy groups -OCH3 is 1. The fraction of sp³-hybridized carbons (Fsp3) is 0.500. The van der Waals surface area contributed by atoms with Crippen LogP contribution in [0.25, 0.3) is 0 Å². The molecule has 0 aromatic heterocycles. The molecule has 0 spiro atoms. The zero-order chi connectivity index (χ0) is 11.5. The molecule has 0 aliphatic carbocycles. The van der Waals surface area contributed by atoms with Crippen molar-refractivity contribution in [1.29, 1.82) is 0 Å². The highest BCUT2D eigenvalue weighted by molar-refractivity contribution is 5.60. The van der Waals surface area contributed by atoms with Crippen molar-refractivity contribution in [2.24, 2.45) is 0 Å². The number of aliphatic hydroxyl groups excluding tert-OH is 1. The molecule has 0 bridgehead atoms. The quantitative estimate of drug-likeness (QED) is 0.739. The number of nitrogens with two attached hydrogens (primary N) is 1. The van der Waals surface area contributed by atoms with E-state index in [9.17, 15) is 5.11 Å². The number of anilines is 2. The van der Waals surface area contributed by atoms with E-state index in [-0.39, 0.29) is 6.10 Å². The molecule has 1 aliphatic heterocycles. The van der Waals surface area contributed by atoms with E-state index in [1.807, 2.05) is 12.1 Å². The topological polar surface area (TPSA) is 58.7 Å². The van der Waals surface area contributed by atoms with Gasteiger partial charge in [0.05, 0.1) is 13.2 Å². The van der Waals surface area contributed by atoms with E-state index >= 15 is 0 Å². The minimum atomic E-state index is -0.235. The summed E-state index contributed by atoms with van der Waals surface area (Å²) in [7, 11) is 1.63. The van der Waals surface area contributed by atoms with Gasteiger partial charge in [-0.25, -0.2) is 0 Å². The van der Waals surface area contributed by atoms with Crippen LogP contribution in [0.1, 0.15) is 12.8 Å². The van der Waals surface area contributed by atoms with Gasteiger partial charge in [-0.05, 0) is 18.9 Å². The summed E-state index contributed by atoms with van der Waals surface area (Å²) in [4.78, 5) is 2.15. The van der Waals surface area contributed by atoms with Crippen LogP contribution in [0.4, 0.5) is 11.4 Å². The SMILES string of the molecule is COc1cc(N)cc(N2CCCC(O)C2)c1. The highest BCUT2D eigenvalue weighted by Gasteiger charge is 2.18. The van der Waals surface area contributed by atoms with Gasteiger partial charge in [-0.3, -0.25) is 0 Å². The van der Waals surface area contributed by atoms with E-state index in [1.165, 1.54) is 0 Å². The summed E-state index contributed by atoms with van der Waals surface area (Å²) in [6.07, 6.45) is 1.66. The lowest BCUT2D eigenvalue weighted by Crippen LogP contribution is -2.38. The highest BCUT2D eigenvalue weighted by atomic mass is 16.5. The molecular weight excluding hydrogens is 204 g/mol. The van der Waals surface area contributed by atoms with Crippen LogP contribution in [-0.4, -0.2) is 31.4 Å². The first-order valence-electron chi connectivity index (χ1n) is 5.56. The van der Waals surface area contributed by atoms with Crippen molar-refractivity contribution < 1.29 is 9.84 Å². The van der Waals surface area contributed by atoms with Crippen LogP contribution in [0, 0.1) is 0 Å². The average Bonchev–Trinajstić information content (AvgIpc) is 2.28. The van der Waals surface area contributed by atoms with Crippen LogP contribution in [0.2, 0.25) is 0 Å². The number of β-amino-alcohol motifs (C(OH)–C–C–N with tert-alkyl or cyclic N) is 1. The fourth-order valence-electron chi connectivity index (χ4n) is 2.10. The van der Waals surface area contributed by atoms with Gasteiger partial charge >= 0.3 is 0 Å². The maximum atomic E-state index is 9.63. The molecule has 1 unspecified atom stereocenters. The first-order chi connectivity index (χ1) is 7.69. The highest BCUT2D eigenvalue weighted by Crippen LogP contribution is 2.27. The maximum absolute atomic E-state index is 9.63. The van der Waals surface area contributed by atoms with Crippen LogP contribution in [0.15, 0.2) is 18.2 Å². The van der Waals surface area contributed by atoms with Gasteiger partial charge in [0.15, 0.2) is 0 Å². The van der Waals surface area contributed by atoms with E-state index in [2.05, 4.69) is 4.90 Å². The largest absolute Gasteiger partial charge is 0.497 e. The van der Waals surface area contributed by atoms with E-state index in [0.29, 0.717) is 12.2 Å². The summed E-state index contributed by atoms with van der Waals surface area (Å²) in [6, 6.07) is 5.67. The summed E-state index contributed by atoms with van der Waals surface area (Å²) in [5.41, 5.74) is 7.52. The first kappa shape index (κ1) is 11.1. The number of aliphatic hydroxyl groups is 1. The van der Waals surface area contributed by atoms with Gasteiger partial charge in [0, 0.05) is 36.6 Å². The van der Waals surface area contributed by atoms with E-state index in [0.717, 1.165) is 30.8 Å². The summed E-state index contributed by atoms with van der Waals surface area (Å²) in [5.74, 6) is 0.759. The molecule has 1 saturated heterocycles. The number of nitrogen functional groups attached to an aromatic ring is 1. The van der Waals surface area contributed by atoms with Gasteiger partial charge in [0.25, 0.3) is 0 Å². The number of rotatable bonds is 2. The van der Waals surface area contributed by atoms with Gasteiger partial charge in [0.2, 0.25) is 0 Å². The maximum Gasteiger partial charge on any atom is 0.122 e. The molecule has 0 radical (unpaired) electrons. The van der Waals surface area contributed by atoms with Gasteiger partial charge in [-0.2, -0.15) is 0 Å². The molecule has 1 fully saturated rings. The van der Waals surface area contributed by atoms with E-state index in [4.69, 9.17) is 10.5 Å². The van der Waals surface area contributed by atoms with Crippen LogP contribution in [0.3, 0.4) is 0 Å². The summed E-state index contributed by atoms with van der Waals surface area (Å²) < 4.78 is 5.18. The molecule has 4 heteroatoms. The number of benzene rings is 1. The molecule has 1 aliphatic rings. The van der Waals surface area contributed by atoms with Crippen LogP contribution in [0.5, 0.6) is 5.75 Å². The average molecular weight is 222 g/mol. The zero-order valence-corrected chi connectivity index (χ0v) is 9.52. The molecule has 16 heavy (non-hydrogen) atoms. The number of hydrogen-bond donors (Lipinski definition) is 2. The van der Waals surface area contributed by atoms with E-state index in [1.54, 1.807) is 13.2 Å². The zero-order valence-electron chi connectivity index (χ0n) is 9.52. The summed E-state index contributed by atoms with van der Waals surface area (Å²) >= 11 is 0. The van der Waals surface area contributed by atoms with Gasteiger partial charge < -0.3 is 20.5 Å². The van der Waals surface area contributed by atoms with Crippen molar-refractivity contribution >= 4 is 11.4 Å². The Balaban J connectivity index is 2.21. The molecular formula is C12H18N2O2. The second-order valence-electron chi connectivity index (χ2n) is 4.21. The van der Waals surface area contributed by atoms with Gasteiger partial charge in [-0.15, -0.1) is 0 Å². The third-order valence-electron chi connectivity index (χ3n) is 2.91. The number of piperidine rings is 1. The van der Waals surface area contributed by atoms with Gasteiger partial charge in [-0.1, -0.05) is 0 Å². The predicted octanol–water partition coefficient (Wildman–Crippen LogP) is 1.24. The first-order valence-corrected chi connectivity index (χ1v) is 5.56. The Kier molecular flexibility index (Phi) is 3.19. The Morgan fingerprint density at radius 1 is 1.44 bits per heavy atom. The monoisotopic (exact) mass is 222 g/mol. The van der Waals surface area contributed by atoms with Crippen molar-refractivity contribution in [3.05, 3.63) is 18.2 Å². The Morgan fingerprint density at radius 3 is 2.94 bits per heavy atom. The van der Waals surface area contributed by atoms with Crippen molar-refractivity contribution in [3.8, 4) is 5.75 Å². The second kappa shape index (κ2) is 4.61.